The van der Waals surface area contributed by atoms with Crippen molar-refractivity contribution in [2.75, 3.05) is 4.90 Å². The third-order valence-electron chi connectivity index (χ3n) is 4.46. The molecule has 0 bridgehead atoms. The molecule has 8 heteroatoms. The van der Waals surface area contributed by atoms with Gasteiger partial charge in [-0.25, -0.2) is 8.78 Å². The van der Waals surface area contributed by atoms with E-state index in [-0.39, 0.29) is 23.1 Å². The Morgan fingerprint density at radius 3 is 2.61 bits per heavy atom. The second-order valence-corrected chi connectivity index (χ2v) is 8.64. The van der Waals surface area contributed by atoms with E-state index in [4.69, 9.17) is 28.6 Å². The van der Waals surface area contributed by atoms with Crippen LogP contribution in [-0.2, 0) is 11.4 Å². The molecule has 0 radical (unpaired) electrons. The van der Waals surface area contributed by atoms with Gasteiger partial charge in [0.1, 0.15) is 24.0 Å². The summed E-state index contributed by atoms with van der Waals surface area (Å²) in [4.78, 5) is 14.5. The summed E-state index contributed by atoms with van der Waals surface area (Å²) in [7, 11) is 0. The van der Waals surface area contributed by atoms with E-state index in [9.17, 15) is 13.6 Å². The molecular weight excluding hydrogens is 460 g/mol. The number of rotatable bonds is 5. The summed E-state index contributed by atoms with van der Waals surface area (Å²) in [5.74, 6) is -0.723. The van der Waals surface area contributed by atoms with Crippen LogP contribution in [0.3, 0.4) is 0 Å². The molecule has 0 atom stereocenters. The number of carbonyl (C=O) groups excluding carboxylic acids is 1. The predicted octanol–water partition coefficient (Wildman–Crippen LogP) is 6.60. The quantitative estimate of drug-likeness (QED) is 0.308. The Hall–Kier alpha value is -2.74. The van der Waals surface area contributed by atoms with Crippen LogP contribution in [-0.4, -0.2) is 10.2 Å². The van der Waals surface area contributed by atoms with Crippen molar-refractivity contribution in [1.82, 2.24) is 0 Å². The number of thiocarbonyl (C=S) groups is 1. The third-order valence-corrected chi connectivity index (χ3v) is 6.12. The Bertz CT molecular complexity index is 1200. The number of thioether (sulfide) groups is 1. The SMILES string of the molecule is O=C1/C(=C\c2cccc(OCc3c(F)cccc3Cl)c2)SC(=S)N1c1cccc(F)c1. The maximum absolute atomic E-state index is 13.9. The number of nitrogens with zero attached hydrogens (tertiary/aromatic N) is 1. The van der Waals surface area contributed by atoms with E-state index in [2.05, 4.69) is 0 Å². The highest BCUT2D eigenvalue weighted by atomic mass is 35.5. The van der Waals surface area contributed by atoms with E-state index >= 15 is 0 Å². The monoisotopic (exact) mass is 473 g/mol. The van der Waals surface area contributed by atoms with Gasteiger partial charge in [-0.1, -0.05) is 59.8 Å². The van der Waals surface area contributed by atoms with Gasteiger partial charge in [-0.3, -0.25) is 9.69 Å². The van der Waals surface area contributed by atoms with Gasteiger partial charge in [-0.05, 0) is 54.1 Å². The molecule has 1 heterocycles. The number of hydrogen-bond acceptors (Lipinski definition) is 4. The molecular formula is C23H14ClF2NO2S2. The van der Waals surface area contributed by atoms with Crippen molar-refractivity contribution in [3.8, 4) is 5.75 Å². The van der Waals surface area contributed by atoms with Gasteiger partial charge in [0.05, 0.1) is 15.6 Å². The zero-order valence-corrected chi connectivity index (χ0v) is 18.2. The fourth-order valence-corrected chi connectivity index (χ4v) is 4.49. The highest BCUT2D eigenvalue weighted by Gasteiger charge is 2.33. The lowest BCUT2D eigenvalue weighted by Gasteiger charge is -2.14. The maximum atomic E-state index is 13.9. The van der Waals surface area contributed by atoms with Crippen molar-refractivity contribution in [3.63, 3.8) is 0 Å². The average molecular weight is 474 g/mol. The van der Waals surface area contributed by atoms with Gasteiger partial charge in [-0.15, -0.1) is 0 Å². The van der Waals surface area contributed by atoms with E-state index in [0.29, 0.717) is 26.2 Å². The molecule has 0 aliphatic carbocycles. The Morgan fingerprint density at radius 2 is 1.84 bits per heavy atom. The molecule has 0 N–H and O–H groups in total. The van der Waals surface area contributed by atoms with Crippen molar-refractivity contribution in [2.45, 2.75) is 6.61 Å². The molecule has 1 amide bonds. The third kappa shape index (κ3) is 4.79. The van der Waals surface area contributed by atoms with E-state index in [1.165, 1.54) is 35.2 Å². The first-order valence-corrected chi connectivity index (χ1v) is 10.7. The molecule has 3 nitrogen and oxygen atoms in total. The molecule has 31 heavy (non-hydrogen) atoms. The molecule has 1 saturated heterocycles. The molecule has 3 aromatic rings. The molecule has 0 saturated carbocycles. The Kier molecular flexibility index (Phi) is 6.36. The minimum absolute atomic E-state index is 0.0311. The molecule has 0 unspecified atom stereocenters. The Balaban J connectivity index is 1.53. The van der Waals surface area contributed by atoms with Gasteiger partial charge >= 0.3 is 0 Å². The molecule has 0 aromatic heterocycles. The van der Waals surface area contributed by atoms with E-state index < -0.39 is 11.6 Å². The first-order valence-electron chi connectivity index (χ1n) is 9.11. The second kappa shape index (κ2) is 9.18. The van der Waals surface area contributed by atoms with Gasteiger partial charge in [0.25, 0.3) is 5.91 Å². The van der Waals surface area contributed by atoms with E-state index in [0.717, 1.165) is 11.8 Å². The largest absolute Gasteiger partial charge is 0.489 e. The first kappa shape index (κ1) is 21.5. The van der Waals surface area contributed by atoms with Gasteiger partial charge in [0.2, 0.25) is 0 Å². The smallest absolute Gasteiger partial charge is 0.270 e. The van der Waals surface area contributed by atoms with Crippen LogP contribution in [0.2, 0.25) is 5.02 Å². The Morgan fingerprint density at radius 1 is 1.06 bits per heavy atom. The number of halogens is 3. The molecule has 0 spiro atoms. The maximum Gasteiger partial charge on any atom is 0.270 e. The number of hydrogen-bond donors (Lipinski definition) is 0. The predicted molar refractivity (Wildman–Crippen MR) is 124 cm³/mol. The van der Waals surface area contributed by atoms with Crippen LogP contribution in [0.25, 0.3) is 6.08 Å². The summed E-state index contributed by atoms with van der Waals surface area (Å²) < 4.78 is 33.5. The summed E-state index contributed by atoms with van der Waals surface area (Å²) in [6.45, 7) is -0.0311. The van der Waals surface area contributed by atoms with Crippen molar-refractivity contribution in [3.05, 3.63) is 99.4 Å². The highest BCUT2D eigenvalue weighted by molar-refractivity contribution is 8.27. The summed E-state index contributed by atoms with van der Waals surface area (Å²) in [5, 5.41) is 0.289. The fraction of sp³-hybridized carbons (Fsp3) is 0.0435. The van der Waals surface area contributed by atoms with Crippen LogP contribution in [0.4, 0.5) is 14.5 Å². The molecule has 1 aliphatic rings. The highest BCUT2D eigenvalue weighted by Crippen LogP contribution is 2.36. The molecule has 1 fully saturated rings. The van der Waals surface area contributed by atoms with E-state index in [1.807, 2.05) is 0 Å². The van der Waals surface area contributed by atoms with Crippen LogP contribution in [0.1, 0.15) is 11.1 Å². The summed E-state index contributed by atoms with van der Waals surface area (Å²) in [5.41, 5.74) is 1.35. The lowest BCUT2D eigenvalue weighted by atomic mass is 10.2. The van der Waals surface area contributed by atoms with Crippen LogP contribution in [0.5, 0.6) is 5.75 Å². The lowest BCUT2D eigenvalue weighted by Crippen LogP contribution is -2.27. The van der Waals surface area contributed by atoms with Crippen molar-refractivity contribution >= 4 is 57.6 Å². The van der Waals surface area contributed by atoms with Crippen LogP contribution >= 0.6 is 35.6 Å². The minimum atomic E-state index is -0.449. The molecule has 1 aliphatic heterocycles. The number of benzene rings is 3. The van der Waals surface area contributed by atoms with Crippen LogP contribution in [0.15, 0.2) is 71.6 Å². The molecule has 156 valence electrons. The number of carbonyl (C=O) groups is 1. The van der Waals surface area contributed by atoms with Gasteiger partial charge < -0.3 is 4.74 Å². The summed E-state index contributed by atoms with van der Waals surface area (Å²) in [6.07, 6.45) is 1.68. The van der Waals surface area contributed by atoms with Crippen molar-refractivity contribution < 1.29 is 18.3 Å². The summed E-state index contributed by atoms with van der Waals surface area (Å²) in [6, 6.07) is 17.2. The minimum Gasteiger partial charge on any atom is -0.489 e. The zero-order valence-electron chi connectivity index (χ0n) is 15.8. The van der Waals surface area contributed by atoms with Gasteiger partial charge in [0, 0.05) is 5.56 Å². The number of anilines is 1. The van der Waals surface area contributed by atoms with Crippen LogP contribution in [0, 0.1) is 11.6 Å². The number of ether oxygens (including phenoxy) is 1. The normalized spacial score (nSPS) is 15.1. The van der Waals surface area contributed by atoms with Crippen molar-refractivity contribution in [2.24, 2.45) is 0 Å². The number of amides is 1. The summed E-state index contributed by atoms with van der Waals surface area (Å²) >= 11 is 12.5. The first-order chi connectivity index (χ1) is 14.9. The lowest BCUT2D eigenvalue weighted by molar-refractivity contribution is -0.113. The second-order valence-electron chi connectivity index (χ2n) is 6.56. The molecule has 3 aromatic carbocycles. The fourth-order valence-electron chi connectivity index (χ4n) is 2.98. The van der Waals surface area contributed by atoms with Gasteiger partial charge in [0.15, 0.2) is 4.32 Å². The average Bonchev–Trinajstić information content (AvgIpc) is 3.01. The topological polar surface area (TPSA) is 29.5 Å². The standard InChI is InChI=1S/C23H14ClF2NO2S2/c24-19-8-3-9-20(26)18(19)13-29-17-7-1-4-14(10-17)11-21-22(28)27(23(30)31-21)16-6-2-5-15(25)12-16/h1-12H,13H2/b21-11+. The van der Waals surface area contributed by atoms with E-state index in [1.54, 1.807) is 42.5 Å². The van der Waals surface area contributed by atoms with Crippen molar-refractivity contribution in [1.29, 1.82) is 0 Å². The van der Waals surface area contributed by atoms with Crippen LogP contribution < -0.4 is 9.64 Å². The zero-order chi connectivity index (χ0) is 22.0. The Labute approximate surface area is 192 Å². The molecule has 4 rings (SSSR count). The van der Waals surface area contributed by atoms with Gasteiger partial charge in [-0.2, -0.15) is 0 Å².